The molecule has 4 N–H and O–H groups in total. The van der Waals surface area contributed by atoms with Gasteiger partial charge in [0.15, 0.2) is 6.29 Å². The highest BCUT2D eigenvalue weighted by Gasteiger charge is 2.43. The van der Waals surface area contributed by atoms with Crippen molar-refractivity contribution in [3.05, 3.63) is 42.0 Å². The summed E-state index contributed by atoms with van der Waals surface area (Å²) in [5.41, 5.74) is 0.991. The van der Waals surface area contributed by atoms with Crippen LogP contribution < -0.4 is 0 Å². The highest BCUT2D eigenvalue weighted by Crippen LogP contribution is 2.21. The Balaban J connectivity index is 1.98. The zero-order valence-corrected chi connectivity index (χ0v) is 11.4. The van der Waals surface area contributed by atoms with E-state index >= 15 is 0 Å². The predicted octanol–water partition coefficient (Wildman–Crippen LogP) is -0.430. The summed E-state index contributed by atoms with van der Waals surface area (Å²) in [5, 5.41) is 38.3. The molecule has 6 heteroatoms. The fourth-order valence-corrected chi connectivity index (χ4v) is 2.11. The molecule has 1 aromatic carbocycles. The molecule has 1 saturated heterocycles. The second-order valence-corrected chi connectivity index (χ2v) is 4.79. The quantitative estimate of drug-likeness (QED) is 0.564. The lowest BCUT2D eigenvalue weighted by atomic mass is 9.97. The SMILES string of the molecule is OC[C@H]1O[C@@H](O)[C@H](N=C/C=C/c2ccccc2)[C@@H](O)[C@H]1O. The number of hydrogen-bond acceptors (Lipinski definition) is 6. The average molecular weight is 293 g/mol. The van der Waals surface area contributed by atoms with E-state index < -0.39 is 37.3 Å². The van der Waals surface area contributed by atoms with Gasteiger partial charge in [0.05, 0.1) is 6.61 Å². The molecule has 1 aliphatic rings. The first-order valence-corrected chi connectivity index (χ1v) is 6.69. The molecule has 0 bridgehead atoms. The molecule has 0 aliphatic carbocycles. The van der Waals surface area contributed by atoms with E-state index in [2.05, 4.69) is 4.99 Å². The Kier molecular flexibility index (Phi) is 5.60. The molecule has 1 aromatic rings. The summed E-state index contributed by atoms with van der Waals surface area (Å²) in [5.74, 6) is 0. The van der Waals surface area contributed by atoms with Crippen molar-refractivity contribution in [2.75, 3.05) is 6.61 Å². The minimum atomic E-state index is -1.37. The van der Waals surface area contributed by atoms with Gasteiger partial charge < -0.3 is 25.2 Å². The van der Waals surface area contributed by atoms with Gasteiger partial charge in [0.1, 0.15) is 24.4 Å². The summed E-state index contributed by atoms with van der Waals surface area (Å²) < 4.78 is 5.00. The maximum Gasteiger partial charge on any atom is 0.180 e. The van der Waals surface area contributed by atoms with Gasteiger partial charge in [0.25, 0.3) is 0 Å². The predicted molar refractivity (Wildman–Crippen MR) is 77.7 cm³/mol. The van der Waals surface area contributed by atoms with Gasteiger partial charge in [-0.3, -0.25) is 4.99 Å². The Morgan fingerprint density at radius 1 is 1.10 bits per heavy atom. The van der Waals surface area contributed by atoms with Crippen LogP contribution in [0.5, 0.6) is 0 Å². The second kappa shape index (κ2) is 7.44. The zero-order chi connectivity index (χ0) is 15.2. The number of aliphatic hydroxyl groups is 4. The molecule has 5 atom stereocenters. The van der Waals surface area contributed by atoms with Crippen molar-refractivity contribution in [3.8, 4) is 0 Å². The van der Waals surface area contributed by atoms with Gasteiger partial charge >= 0.3 is 0 Å². The highest BCUT2D eigenvalue weighted by atomic mass is 16.6. The molecule has 2 rings (SSSR count). The summed E-state index contributed by atoms with van der Waals surface area (Å²) in [6.45, 7) is -0.486. The fraction of sp³-hybridized carbons (Fsp3) is 0.400. The third-order valence-electron chi connectivity index (χ3n) is 3.30. The molecule has 114 valence electrons. The van der Waals surface area contributed by atoms with Crippen molar-refractivity contribution in [3.63, 3.8) is 0 Å². The summed E-state index contributed by atoms with van der Waals surface area (Å²) in [6, 6.07) is 8.58. The molecule has 1 heterocycles. The maximum atomic E-state index is 9.89. The number of aliphatic imine (C=N–C) groups is 1. The number of hydrogen-bond donors (Lipinski definition) is 4. The van der Waals surface area contributed by atoms with E-state index in [4.69, 9.17) is 9.84 Å². The van der Waals surface area contributed by atoms with Gasteiger partial charge in [-0.15, -0.1) is 0 Å². The number of aliphatic hydroxyl groups excluding tert-OH is 4. The van der Waals surface area contributed by atoms with Crippen LogP contribution in [-0.2, 0) is 4.74 Å². The lowest BCUT2D eigenvalue weighted by molar-refractivity contribution is -0.248. The lowest BCUT2D eigenvalue weighted by Crippen LogP contribution is -2.57. The van der Waals surface area contributed by atoms with Crippen molar-refractivity contribution >= 4 is 12.3 Å². The van der Waals surface area contributed by atoms with E-state index in [-0.39, 0.29) is 0 Å². The summed E-state index contributed by atoms with van der Waals surface area (Å²) in [4.78, 5) is 4.00. The molecule has 0 aromatic heterocycles. The Labute approximate surface area is 122 Å². The molecule has 1 aliphatic heterocycles. The van der Waals surface area contributed by atoms with Gasteiger partial charge in [-0.2, -0.15) is 0 Å². The molecular weight excluding hydrogens is 274 g/mol. The van der Waals surface area contributed by atoms with Crippen LogP contribution in [0.3, 0.4) is 0 Å². The Hall–Kier alpha value is -1.57. The first kappa shape index (κ1) is 15.8. The van der Waals surface area contributed by atoms with Crippen molar-refractivity contribution in [1.29, 1.82) is 0 Å². The average Bonchev–Trinajstić information content (AvgIpc) is 2.51. The van der Waals surface area contributed by atoms with Crippen LogP contribution in [0.2, 0.25) is 0 Å². The Morgan fingerprint density at radius 2 is 1.81 bits per heavy atom. The zero-order valence-electron chi connectivity index (χ0n) is 11.4. The van der Waals surface area contributed by atoms with Crippen LogP contribution in [0, 0.1) is 0 Å². The number of rotatable bonds is 4. The molecule has 0 saturated carbocycles. The van der Waals surface area contributed by atoms with Crippen molar-refractivity contribution in [2.45, 2.75) is 30.6 Å². The van der Waals surface area contributed by atoms with Gasteiger partial charge in [0, 0.05) is 6.21 Å². The van der Waals surface area contributed by atoms with Gasteiger partial charge in [-0.1, -0.05) is 36.4 Å². The van der Waals surface area contributed by atoms with Crippen molar-refractivity contribution in [2.24, 2.45) is 4.99 Å². The summed E-state index contributed by atoms with van der Waals surface area (Å²) in [6.07, 6.45) is -0.0633. The molecule has 0 amide bonds. The van der Waals surface area contributed by atoms with Gasteiger partial charge in [-0.25, -0.2) is 0 Å². The molecule has 21 heavy (non-hydrogen) atoms. The first-order chi connectivity index (χ1) is 10.1. The molecule has 6 nitrogen and oxygen atoms in total. The Morgan fingerprint density at radius 3 is 2.48 bits per heavy atom. The lowest BCUT2D eigenvalue weighted by Gasteiger charge is -2.38. The van der Waals surface area contributed by atoms with E-state index in [9.17, 15) is 15.3 Å². The summed E-state index contributed by atoms with van der Waals surface area (Å²) in [7, 11) is 0. The number of ether oxygens (including phenoxy) is 1. The smallest absolute Gasteiger partial charge is 0.180 e. The van der Waals surface area contributed by atoms with Crippen LogP contribution in [0.1, 0.15) is 5.56 Å². The van der Waals surface area contributed by atoms with Gasteiger partial charge in [-0.05, 0) is 11.6 Å². The molecule has 0 radical (unpaired) electrons. The minimum absolute atomic E-state index is 0.486. The van der Waals surface area contributed by atoms with Crippen molar-refractivity contribution < 1.29 is 25.2 Å². The third kappa shape index (κ3) is 3.96. The highest BCUT2D eigenvalue weighted by molar-refractivity contribution is 5.78. The number of benzene rings is 1. The largest absolute Gasteiger partial charge is 0.394 e. The van der Waals surface area contributed by atoms with E-state index in [0.717, 1.165) is 5.56 Å². The molecule has 0 spiro atoms. The standard InChI is InChI=1S/C15H19NO5/c17-9-11-13(18)14(19)12(15(20)21-11)16-8-4-7-10-5-2-1-3-6-10/h1-8,11-15,17-20H,9H2/b7-4+,16-8?/t11-,12-,13+,14-,15-/m1/s1. The van der Waals surface area contributed by atoms with Crippen LogP contribution in [0.4, 0.5) is 0 Å². The Bertz CT molecular complexity index is 490. The topological polar surface area (TPSA) is 103 Å². The first-order valence-electron chi connectivity index (χ1n) is 6.69. The monoisotopic (exact) mass is 293 g/mol. The molecule has 0 unspecified atom stereocenters. The van der Waals surface area contributed by atoms with E-state index in [1.54, 1.807) is 6.08 Å². The second-order valence-electron chi connectivity index (χ2n) is 4.79. The van der Waals surface area contributed by atoms with E-state index in [1.165, 1.54) is 6.21 Å². The van der Waals surface area contributed by atoms with E-state index in [0.29, 0.717) is 0 Å². The normalized spacial score (nSPS) is 33.8. The third-order valence-corrected chi connectivity index (χ3v) is 3.30. The minimum Gasteiger partial charge on any atom is -0.394 e. The van der Waals surface area contributed by atoms with Crippen LogP contribution in [-0.4, -0.2) is 63.9 Å². The van der Waals surface area contributed by atoms with Gasteiger partial charge in [0.2, 0.25) is 0 Å². The van der Waals surface area contributed by atoms with Crippen LogP contribution >= 0.6 is 0 Å². The van der Waals surface area contributed by atoms with Crippen molar-refractivity contribution in [1.82, 2.24) is 0 Å². The fourth-order valence-electron chi connectivity index (χ4n) is 2.11. The summed E-state index contributed by atoms with van der Waals surface area (Å²) >= 11 is 0. The molecule has 1 fully saturated rings. The van der Waals surface area contributed by atoms with Crippen LogP contribution in [0.15, 0.2) is 41.4 Å². The number of allylic oxidation sites excluding steroid dienone is 1. The number of nitrogens with zero attached hydrogens (tertiary/aromatic N) is 1. The van der Waals surface area contributed by atoms with Crippen LogP contribution in [0.25, 0.3) is 6.08 Å². The molecular formula is C15H19NO5. The maximum absolute atomic E-state index is 9.89. The van der Waals surface area contributed by atoms with E-state index in [1.807, 2.05) is 36.4 Å².